The number of fused-ring (bicyclic) bond motifs is 7. The van der Waals surface area contributed by atoms with E-state index in [0.29, 0.717) is 0 Å². The molecular weight excluding hydrogens is 853 g/mol. The van der Waals surface area contributed by atoms with Crippen LogP contribution in [0.2, 0.25) is 0 Å². The average molecular weight is 907 g/mol. The van der Waals surface area contributed by atoms with E-state index in [1.165, 1.54) is 33.4 Å². The summed E-state index contributed by atoms with van der Waals surface area (Å²) in [5.74, 6) is 0. The average Bonchev–Trinajstić information content (AvgIpc) is 3.91. The van der Waals surface area contributed by atoms with E-state index < -0.39 is 0 Å². The fraction of sp³-hybridized carbons (Fsp3) is 0.121. The molecule has 0 spiro atoms. The molecule has 10 aromatic carbocycles. The Kier molecular flexibility index (Phi) is 10.3. The van der Waals surface area contributed by atoms with E-state index in [0.717, 1.165) is 88.8 Å². The third kappa shape index (κ3) is 7.86. The van der Waals surface area contributed by atoms with E-state index in [1.807, 2.05) is 0 Å². The van der Waals surface area contributed by atoms with Crippen LogP contribution in [0, 0.1) is 0 Å². The standard InChI is InChI=1S/C66H54N2O2/c1-65(2,3)49-23-27-51(28-24-49)67(53-21-13-19-45(35-53)43-15-9-7-10-16-43)55-31-33-57-59-37-47-40-62-60(38-48(47)39-61(59)69-63(57)41-55)58-34-32-56(42-64(58)70-62)68(52-29-25-50(26-30-52)66(4,5)6)54-22-14-20-46(36-54)44-17-11-8-12-18-44/h7-42H,1-6H3. The summed E-state index contributed by atoms with van der Waals surface area (Å²) in [6, 6.07) is 78.7. The number of hydrogen-bond donors (Lipinski definition) is 0. The quantitative estimate of drug-likeness (QED) is 0.152. The molecule has 0 radical (unpaired) electrons. The fourth-order valence-electron chi connectivity index (χ4n) is 10.1. The first-order valence-electron chi connectivity index (χ1n) is 24.3. The first-order chi connectivity index (χ1) is 33.9. The third-order valence-corrected chi connectivity index (χ3v) is 13.9. The zero-order chi connectivity index (χ0) is 47.7. The number of hydrogen-bond acceptors (Lipinski definition) is 4. The van der Waals surface area contributed by atoms with Crippen LogP contribution in [0.3, 0.4) is 0 Å². The van der Waals surface area contributed by atoms with Crippen LogP contribution >= 0.6 is 0 Å². The lowest BCUT2D eigenvalue weighted by atomic mass is 9.87. The van der Waals surface area contributed by atoms with Crippen molar-refractivity contribution in [2.75, 3.05) is 9.80 Å². The second-order valence-electron chi connectivity index (χ2n) is 20.7. The Bertz CT molecular complexity index is 3630. The van der Waals surface area contributed by atoms with Crippen molar-refractivity contribution in [1.29, 1.82) is 0 Å². The minimum atomic E-state index is 0.0466. The highest BCUT2D eigenvalue weighted by Crippen LogP contribution is 2.44. The summed E-state index contributed by atoms with van der Waals surface area (Å²) in [6.07, 6.45) is 0. The first-order valence-corrected chi connectivity index (χ1v) is 24.3. The normalized spacial score (nSPS) is 12.1. The zero-order valence-electron chi connectivity index (χ0n) is 40.5. The number of anilines is 6. The van der Waals surface area contributed by atoms with E-state index in [-0.39, 0.29) is 10.8 Å². The molecule has 12 rings (SSSR count). The topological polar surface area (TPSA) is 32.8 Å². The van der Waals surface area contributed by atoms with Gasteiger partial charge < -0.3 is 18.6 Å². The van der Waals surface area contributed by atoms with Crippen LogP contribution in [-0.4, -0.2) is 0 Å². The van der Waals surface area contributed by atoms with Crippen LogP contribution in [-0.2, 0) is 10.8 Å². The van der Waals surface area contributed by atoms with Crippen molar-refractivity contribution in [2.24, 2.45) is 0 Å². The Balaban J connectivity index is 0.934. The third-order valence-electron chi connectivity index (χ3n) is 13.9. The monoisotopic (exact) mass is 906 g/mol. The minimum Gasteiger partial charge on any atom is -0.456 e. The van der Waals surface area contributed by atoms with Gasteiger partial charge in [-0.15, -0.1) is 0 Å². The van der Waals surface area contributed by atoms with Crippen LogP contribution < -0.4 is 9.80 Å². The van der Waals surface area contributed by atoms with Gasteiger partial charge in [0.15, 0.2) is 0 Å². The molecule has 0 atom stereocenters. The van der Waals surface area contributed by atoms with E-state index in [2.05, 4.69) is 270 Å². The van der Waals surface area contributed by atoms with Crippen molar-refractivity contribution < 1.29 is 8.83 Å². The molecule has 0 aliphatic carbocycles. The van der Waals surface area contributed by atoms with Crippen LogP contribution in [0.15, 0.2) is 227 Å². The van der Waals surface area contributed by atoms with Crippen molar-refractivity contribution >= 4 is 88.8 Å². The molecule has 12 aromatic rings. The predicted molar refractivity (Wildman–Crippen MR) is 296 cm³/mol. The van der Waals surface area contributed by atoms with Crippen LogP contribution in [0.1, 0.15) is 52.7 Å². The van der Waals surface area contributed by atoms with E-state index in [4.69, 9.17) is 8.83 Å². The molecule has 340 valence electrons. The smallest absolute Gasteiger partial charge is 0.137 e. The Morgan fingerprint density at radius 2 is 0.614 bits per heavy atom. The van der Waals surface area contributed by atoms with Crippen molar-refractivity contribution in [3.8, 4) is 22.3 Å². The van der Waals surface area contributed by atoms with Gasteiger partial charge in [-0.3, -0.25) is 0 Å². The van der Waals surface area contributed by atoms with Crippen molar-refractivity contribution in [2.45, 2.75) is 52.4 Å². The molecule has 0 fully saturated rings. The molecule has 4 nitrogen and oxygen atoms in total. The van der Waals surface area contributed by atoms with Gasteiger partial charge in [0.1, 0.15) is 22.3 Å². The van der Waals surface area contributed by atoms with E-state index >= 15 is 0 Å². The number of benzene rings is 10. The molecule has 0 aliphatic rings. The van der Waals surface area contributed by atoms with Gasteiger partial charge in [0.05, 0.1) is 0 Å². The van der Waals surface area contributed by atoms with E-state index in [1.54, 1.807) is 0 Å². The molecule has 2 heterocycles. The summed E-state index contributed by atoms with van der Waals surface area (Å²) in [5, 5.41) is 6.49. The van der Waals surface area contributed by atoms with Gasteiger partial charge in [0, 0.05) is 67.8 Å². The van der Waals surface area contributed by atoms with Gasteiger partial charge in [-0.05, 0) is 152 Å². The van der Waals surface area contributed by atoms with Gasteiger partial charge in [-0.25, -0.2) is 0 Å². The van der Waals surface area contributed by atoms with Gasteiger partial charge in [0.2, 0.25) is 0 Å². The number of furan rings is 2. The molecule has 2 aromatic heterocycles. The van der Waals surface area contributed by atoms with Gasteiger partial charge in [-0.1, -0.05) is 151 Å². The Hall–Kier alpha value is -8.34. The van der Waals surface area contributed by atoms with Crippen molar-refractivity contribution in [3.63, 3.8) is 0 Å². The molecule has 0 bridgehead atoms. The highest BCUT2D eigenvalue weighted by molar-refractivity contribution is 6.15. The first kappa shape index (κ1) is 43.0. The van der Waals surface area contributed by atoms with Crippen LogP contribution in [0.5, 0.6) is 0 Å². The highest BCUT2D eigenvalue weighted by Gasteiger charge is 2.22. The fourth-order valence-corrected chi connectivity index (χ4v) is 10.1. The SMILES string of the molecule is CC(C)(C)c1ccc(N(c2cccc(-c3ccccc3)c2)c2ccc3c(c2)oc2cc4cc5c(cc4cc23)oc2cc(N(c3ccc(C(C)(C)C)cc3)c3cccc(-c4ccccc4)c3)ccc25)cc1. The summed E-state index contributed by atoms with van der Waals surface area (Å²) < 4.78 is 13.6. The van der Waals surface area contributed by atoms with Gasteiger partial charge >= 0.3 is 0 Å². The number of nitrogens with zero attached hydrogens (tertiary/aromatic N) is 2. The largest absolute Gasteiger partial charge is 0.456 e. The maximum atomic E-state index is 6.79. The minimum absolute atomic E-state index is 0.0466. The van der Waals surface area contributed by atoms with E-state index in [9.17, 15) is 0 Å². The second kappa shape index (κ2) is 16.7. The Morgan fingerprint density at radius 1 is 0.271 bits per heavy atom. The molecule has 0 N–H and O–H groups in total. The molecule has 0 aliphatic heterocycles. The molecule has 0 saturated heterocycles. The molecule has 0 unspecified atom stereocenters. The highest BCUT2D eigenvalue weighted by atomic mass is 16.3. The molecule has 4 heteroatoms. The van der Waals surface area contributed by atoms with Crippen LogP contribution in [0.4, 0.5) is 34.1 Å². The number of rotatable bonds is 8. The summed E-state index contributed by atoms with van der Waals surface area (Å²) in [6.45, 7) is 13.5. The van der Waals surface area contributed by atoms with Crippen molar-refractivity contribution in [1.82, 2.24) is 0 Å². The molecule has 0 amide bonds. The lowest BCUT2D eigenvalue weighted by Gasteiger charge is -2.27. The Morgan fingerprint density at radius 3 is 1.00 bits per heavy atom. The molecule has 70 heavy (non-hydrogen) atoms. The maximum absolute atomic E-state index is 6.79. The predicted octanol–water partition coefficient (Wildman–Crippen LogP) is 19.5. The second-order valence-corrected chi connectivity index (χ2v) is 20.7. The summed E-state index contributed by atoms with van der Waals surface area (Å²) in [4.78, 5) is 4.66. The lowest BCUT2D eigenvalue weighted by molar-refractivity contribution is 0.590. The van der Waals surface area contributed by atoms with Crippen LogP contribution in [0.25, 0.3) is 76.9 Å². The summed E-state index contributed by atoms with van der Waals surface area (Å²) >= 11 is 0. The Labute approximate surface area is 409 Å². The lowest BCUT2D eigenvalue weighted by Crippen LogP contribution is -2.13. The summed E-state index contributed by atoms with van der Waals surface area (Å²) in [7, 11) is 0. The summed E-state index contributed by atoms with van der Waals surface area (Å²) in [5.41, 5.74) is 17.1. The molecule has 0 saturated carbocycles. The van der Waals surface area contributed by atoms with Crippen molar-refractivity contribution in [3.05, 3.63) is 230 Å². The van der Waals surface area contributed by atoms with Gasteiger partial charge in [-0.2, -0.15) is 0 Å². The zero-order valence-corrected chi connectivity index (χ0v) is 40.5. The molecular formula is C66H54N2O2. The van der Waals surface area contributed by atoms with Gasteiger partial charge in [0.25, 0.3) is 0 Å². The maximum Gasteiger partial charge on any atom is 0.137 e.